The standard InChI is InChI=1S/C16H14BN3O2/c1-18-16-19-13-5-3-4-12(14(13)22-16)10-6-8-11(9-7-10)15(21)20(2)17/h3-9H,1-2H3,(H,18,19). The molecule has 0 saturated heterocycles. The van der Waals surface area contributed by atoms with E-state index in [2.05, 4.69) is 10.3 Å². The number of nitrogens with zero attached hydrogens (tertiary/aromatic N) is 2. The second-order valence-electron chi connectivity index (χ2n) is 4.92. The van der Waals surface area contributed by atoms with Gasteiger partial charge in [-0.1, -0.05) is 24.3 Å². The van der Waals surface area contributed by atoms with E-state index in [1.165, 1.54) is 7.05 Å². The number of rotatable bonds is 3. The zero-order chi connectivity index (χ0) is 15.7. The molecule has 0 atom stereocenters. The molecule has 6 heteroatoms. The maximum Gasteiger partial charge on any atom is 0.295 e. The van der Waals surface area contributed by atoms with Crippen molar-refractivity contribution in [3.05, 3.63) is 48.0 Å². The number of nitrogens with one attached hydrogen (secondary N) is 1. The Morgan fingerprint density at radius 3 is 2.59 bits per heavy atom. The molecule has 1 amide bonds. The smallest absolute Gasteiger partial charge is 0.295 e. The normalized spacial score (nSPS) is 10.6. The van der Waals surface area contributed by atoms with Gasteiger partial charge in [-0.2, -0.15) is 4.98 Å². The van der Waals surface area contributed by atoms with Gasteiger partial charge in [0.25, 0.3) is 6.01 Å². The van der Waals surface area contributed by atoms with Crippen LogP contribution in [0.1, 0.15) is 10.4 Å². The maximum absolute atomic E-state index is 11.8. The molecule has 1 N–H and O–H groups in total. The van der Waals surface area contributed by atoms with Crippen LogP contribution in [-0.4, -0.2) is 37.8 Å². The third-order valence-electron chi connectivity index (χ3n) is 3.39. The van der Waals surface area contributed by atoms with E-state index in [9.17, 15) is 4.79 Å². The van der Waals surface area contributed by atoms with Gasteiger partial charge in [-0.05, 0) is 30.8 Å². The van der Waals surface area contributed by atoms with Crippen molar-refractivity contribution in [2.45, 2.75) is 0 Å². The highest BCUT2D eigenvalue weighted by atomic mass is 16.4. The Bertz CT molecular complexity index is 825. The Kier molecular flexibility index (Phi) is 3.59. The first-order valence-corrected chi connectivity index (χ1v) is 6.80. The predicted molar refractivity (Wildman–Crippen MR) is 86.8 cm³/mol. The number of oxazole rings is 1. The zero-order valence-electron chi connectivity index (χ0n) is 12.3. The van der Waals surface area contributed by atoms with E-state index < -0.39 is 0 Å². The molecular weight excluding hydrogens is 277 g/mol. The average Bonchev–Trinajstić information content (AvgIpc) is 2.97. The number of hydrogen-bond acceptors (Lipinski definition) is 4. The van der Waals surface area contributed by atoms with Crippen molar-refractivity contribution in [2.75, 3.05) is 19.4 Å². The molecule has 0 unspecified atom stereocenters. The van der Waals surface area contributed by atoms with Gasteiger partial charge >= 0.3 is 0 Å². The van der Waals surface area contributed by atoms with E-state index in [0.29, 0.717) is 17.2 Å². The Labute approximate surface area is 129 Å². The summed E-state index contributed by atoms with van der Waals surface area (Å²) in [6.07, 6.45) is 0. The lowest BCUT2D eigenvalue weighted by Gasteiger charge is -2.11. The summed E-state index contributed by atoms with van der Waals surface area (Å²) >= 11 is 0. The molecule has 22 heavy (non-hydrogen) atoms. The number of carbonyl (C=O) groups is 1. The van der Waals surface area contributed by atoms with E-state index >= 15 is 0 Å². The lowest BCUT2D eigenvalue weighted by atomic mass is 10.0. The Morgan fingerprint density at radius 2 is 1.95 bits per heavy atom. The van der Waals surface area contributed by atoms with Gasteiger partial charge in [0.15, 0.2) is 5.58 Å². The van der Waals surface area contributed by atoms with Crippen LogP contribution in [0.4, 0.5) is 6.01 Å². The third kappa shape index (κ3) is 2.43. The summed E-state index contributed by atoms with van der Waals surface area (Å²) in [6.45, 7) is 0. The van der Waals surface area contributed by atoms with E-state index in [1.54, 1.807) is 19.2 Å². The van der Waals surface area contributed by atoms with Crippen molar-refractivity contribution in [3.8, 4) is 11.1 Å². The fraction of sp³-hybridized carbons (Fsp3) is 0.125. The van der Waals surface area contributed by atoms with Crippen LogP contribution in [-0.2, 0) is 0 Å². The van der Waals surface area contributed by atoms with Crippen molar-refractivity contribution in [2.24, 2.45) is 0 Å². The van der Waals surface area contributed by atoms with Crippen molar-refractivity contribution in [3.63, 3.8) is 0 Å². The van der Waals surface area contributed by atoms with Crippen molar-refractivity contribution in [1.82, 2.24) is 9.79 Å². The van der Waals surface area contributed by atoms with Crippen LogP contribution >= 0.6 is 0 Å². The van der Waals surface area contributed by atoms with Gasteiger partial charge in [0.1, 0.15) is 5.52 Å². The summed E-state index contributed by atoms with van der Waals surface area (Å²) in [7, 11) is 8.74. The molecule has 0 aliphatic rings. The minimum absolute atomic E-state index is 0.234. The van der Waals surface area contributed by atoms with Gasteiger partial charge in [-0.25, -0.2) is 0 Å². The molecule has 1 heterocycles. The first-order chi connectivity index (χ1) is 10.6. The highest BCUT2D eigenvalue weighted by Crippen LogP contribution is 2.30. The number of benzene rings is 2. The van der Waals surface area contributed by atoms with E-state index in [4.69, 9.17) is 12.4 Å². The third-order valence-corrected chi connectivity index (χ3v) is 3.39. The molecule has 0 saturated carbocycles. The highest BCUT2D eigenvalue weighted by molar-refractivity contribution is 6.17. The van der Waals surface area contributed by atoms with Crippen LogP contribution in [0.15, 0.2) is 46.9 Å². The van der Waals surface area contributed by atoms with Gasteiger partial charge in [-0.3, -0.25) is 4.79 Å². The van der Waals surface area contributed by atoms with Gasteiger partial charge in [-0.15, -0.1) is 0 Å². The summed E-state index contributed by atoms with van der Waals surface area (Å²) in [4.78, 5) is 17.2. The molecule has 0 bridgehead atoms. The zero-order valence-corrected chi connectivity index (χ0v) is 12.3. The second-order valence-corrected chi connectivity index (χ2v) is 4.92. The molecule has 0 aliphatic heterocycles. The highest BCUT2D eigenvalue weighted by Gasteiger charge is 2.12. The molecule has 0 aliphatic carbocycles. The maximum atomic E-state index is 11.8. The lowest BCUT2D eigenvalue weighted by molar-refractivity contribution is 0.0884. The van der Waals surface area contributed by atoms with E-state index in [-0.39, 0.29) is 5.91 Å². The van der Waals surface area contributed by atoms with Crippen LogP contribution in [0.3, 0.4) is 0 Å². The van der Waals surface area contributed by atoms with Crippen LogP contribution in [0, 0.1) is 0 Å². The van der Waals surface area contributed by atoms with Crippen molar-refractivity contribution < 1.29 is 9.21 Å². The molecule has 108 valence electrons. The molecule has 3 aromatic rings. The van der Waals surface area contributed by atoms with E-state index in [0.717, 1.165) is 21.5 Å². The fourth-order valence-electron chi connectivity index (χ4n) is 2.28. The molecule has 0 fully saturated rings. The average molecular weight is 291 g/mol. The van der Waals surface area contributed by atoms with Crippen LogP contribution in [0.25, 0.3) is 22.2 Å². The first kappa shape index (κ1) is 14.2. The summed E-state index contributed by atoms with van der Waals surface area (Å²) in [5.74, 6) is -0.234. The van der Waals surface area contributed by atoms with Crippen LogP contribution in [0.2, 0.25) is 0 Å². The van der Waals surface area contributed by atoms with Crippen molar-refractivity contribution in [1.29, 1.82) is 0 Å². The largest absolute Gasteiger partial charge is 0.423 e. The van der Waals surface area contributed by atoms with Crippen molar-refractivity contribution >= 4 is 31.0 Å². The number of hydrogen-bond donors (Lipinski definition) is 1. The first-order valence-electron chi connectivity index (χ1n) is 6.80. The van der Waals surface area contributed by atoms with E-state index in [1.807, 2.05) is 30.3 Å². The number of anilines is 1. The SMILES string of the molecule is [B]N(C)C(=O)c1ccc(-c2cccc3nc(NC)oc23)cc1. The number of fused-ring (bicyclic) bond motifs is 1. The molecule has 5 nitrogen and oxygen atoms in total. The van der Waals surface area contributed by atoms with Crippen LogP contribution < -0.4 is 5.32 Å². The summed E-state index contributed by atoms with van der Waals surface area (Å²) in [6, 6.07) is 13.5. The summed E-state index contributed by atoms with van der Waals surface area (Å²) in [5, 5.41) is 2.89. The number of aromatic nitrogens is 1. The number of carbonyl (C=O) groups excluding carboxylic acids is 1. The molecular formula is C16H14BN3O2. The predicted octanol–water partition coefficient (Wildman–Crippen LogP) is 2.69. The Hall–Kier alpha value is -2.76. The lowest BCUT2D eigenvalue weighted by Crippen LogP contribution is -2.23. The molecule has 2 radical (unpaired) electrons. The second kappa shape index (κ2) is 5.56. The van der Waals surface area contributed by atoms with Crippen LogP contribution in [0.5, 0.6) is 0 Å². The summed E-state index contributed by atoms with van der Waals surface area (Å²) in [5.41, 5.74) is 3.90. The van der Waals surface area contributed by atoms with Gasteiger partial charge in [0.2, 0.25) is 13.9 Å². The van der Waals surface area contributed by atoms with Gasteiger partial charge in [0.05, 0.1) is 0 Å². The Morgan fingerprint density at radius 1 is 1.23 bits per heavy atom. The number of amides is 1. The minimum Gasteiger partial charge on any atom is -0.423 e. The molecule has 2 aromatic carbocycles. The van der Waals surface area contributed by atoms with Gasteiger partial charge in [0, 0.05) is 18.2 Å². The monoisotopic (exact) mass is 291 g/mol. The van der Waals surface area contributed by atoms with Gasteiger partial charge < -0.3 is 14.5 Å². The molecule has 0 spiro atoms. The Balaban J connectivity index is 2.04. The number of para-hydroxylation sites is 1. The summed E-state index contributed by atoms with van der Waals surface area (Å²) < 4.78 is 5.70. The minimum atomic E-state index is -0.234. The quantitative estimate of drug-likeness (QED) is 0.754. The topological polar surface area (TPSA) is 58.4 Å². The fourth-order valence-corrected chi connectivity index (χ4v) is 2.28. The molecule has 3 rings (SSSR count). The molecule has 1 aromatic heterocycles.